The third kappa shape index (κ3) is 5.11. The van der Waals surface area contributed by atoms with Gasteiger partial charge in [-0.05, 0) is 71.9 Å². The molecule has 9 heteroatoms. The zero-order chi connectivity index (χ0) is 25.4. The van der Waals surface area contributed by atoms with E-state index in [1.54, 1.807) is 0 Å². The monoisotopic (exact) mass is 533 g/mol. The molecule has 2 fully saturated rings. The fourth-order valence-corrected chi connectivity index (χ4v) is 6.19. The Labute approximate surface area is 225 Å². The van der Waals surface area contributed by atoms with Gasteiger partial charge in [0.1, 0.15) is 0 Å². The van der Waals surface area contributed by atoms with Crippen molar-refractivity contribution in [3.63, 3.8) is 0 Å². The second-order valence-electron chi connectivity index (χ2n) is 9.50. The molecule has 0 unspecified atom stereocenters. The molecule has 2 saturated heterocycles. The van der Waals surface area contributed by atoms with E-state index in [1.807, 2.05) is 36.5 Å². The van der Waals surface area contributed by atoms with Crippen LogP contribution in [0.25, 0.3) is 28.1 Å². The molecular weight excluding hydrogens is 506 g/mol. The number of ether oxygens (including phenoxy) is 1. The van der Waals surface area contributed by atoms with Gasteiger partial charge in [0.2, 0.25) is 0 Å². The molecule has 3 aliphatic rings. The first kappa shape index (κ1) is 24.4. The Morgan fingerprint density at radius 1 is 0.973 bits per heavy atom. The molecule has 1 aromatic heterocycles. The Morgan fingerprint density at radius 2 is 1.78 bits per heavy atom. The number of pyridine rings is 1. The standard InChI is InChI=1S/C28H28ClN5O2S/c1-32-8-10-33(11-9-32)25-5-3-20(18-23(25)29)21-6-7-30-24-4-2-19(16-22(21)24)17-26-27(35)31-28(37-26)34-12-14-36-15-13-34/h2-7,16-18H,8-15H2,1H3. The summed E-state index contributed by atoms with van der Waals surface area (Å²) in [5, 5.41) is 2.54. The third-order valence-corrected chi connectivity index (χ3v) is 8.40. The molecule has 0 spiro atoms. The number of likely N-dealkylation sites (N-methyl/N-ethyl adjacent to an activating group) is 1. The van der Waals surface area contributed by atoms with E-state index in [0.717, 1.165) is 82.7 Å². The maximum absolute atomic E-state index is 12.6. The van der Waals surface area contributed by atoms with Crippen molar-refractivity contribution < 1.29 is 9.53 Å². The number of thioether (sulfide) groups is 1. The smallest absolute Gasteiger partial charge is 0.286 e. The number of morpholine rings is 1. The SMILES string of the molecule is CN1CCN(c2ccc(-c3ccnc4ccc(C=C5SC(N6CCOCC6)=NC5=O)cc34)cc2Cl)CC1. The van der Waals surface area contributed by atoms with Gasteiger partial charge < -0.3 is 19.4 Å². The molecule has 7 nitrogen and oxygen atoms in total. The fourth-order valence-electron chi connectivity index (χ4n) is 4.92. The highest BCUT2D eigenvalue weighted by Crippen LogP contribution is 2.36. The van der Waals surface area contributed by atoms with Crippen molar-refractivity contribution in [2.45, 2.75) is 0 Å². The molecule has 2 aromatic carbocycles. The predicted molar refractivity (Wildman–Crippen MR) is 152 cm³/mol. The number of amidine groups is 1. The van der Waals surface area contributed by atoms with Crippen LogP contribution in [0.2, 0.25) is 5.02 Å². The van der Waals surface area contributed by atoms with Crippen molar-refractivity contribution in [1.82, 2.24) is 14.8 Å². The van der Waals surface area contributed by atoms with E-state index >= 15 is 0 Å². The number of hydrogen-bond acceptors (Lipinski definition) is 7. The summed E-state index contributed by atoms with van der Waals surface area (Å²) in [5.74, 6) is -0.190. The highest BCUT2D eigenvalue weighted by Gasteiger charge is 2.27. The number of aliphatic imine (C=N–C) groups is 1. The summed E-state index contributed by atoms with van der Waals surface area (Å²) in [6, 6.07) is 14.4. The molecule has 0 atom stereocenters. The van der Waals surface area contributed by atoms with Gasteiger partial charge in [0.05, 0.1) is 34.3 Å². The molecule has 0 radical (unpaired) electrons. The summed E-state index contributed by atoms with van der Waals surface area (Å²) < 4.78 is 5.42. The van der Waals surface area contributed by atoms with Gasteiger partial charge in [0.15, 0.2) is 5.17 Å². The number of aromatic nitrogens is 1. The Balaban J connectivity index is 1.28. The van der Waals surface area contributed by atoms with Gasteiger partial charge in [-0.1, -0.05) is 23.7 Å². The van der Waals surface area contributed by atoms with Crippen LogP contribution in [0.1, 0.15) is 5.56 Å². The molecule has 4 heterocycles. The average molecular weight is 534 g/mol. The molecule has 37 heavy (non-hydrogen) atoms. The van der Waals surface area contributed by atoms with Crippen LogP contribution in [-0.4, -0.2) is 85.4 Å². The first-order chi connectivity index (χ1) is 18.0. The predicted octanol–water partition coefficient (Wildman–Crippen LogP) is 4.61. The Kier molecular flexibility index (Phi) is 6.90. The quantitative estimate of drug-likeness (QED) is 0.456. The molecule has 3 aliphatic heterocycles. The molecule has 6 rings (SSSR count). The highest BCUT2D eigenvalue weighted by molar-refractivity contribution is 8.18. The lowest BCUT2D eigenvalue weighted by molar-refractivity contribution is -0.113. The average Bonchev–Trinajstić information content (AvgIpc) is 3.29. The number of hydrogen-bond donors (Lipinski definition) is 0. The van der Waals surface area contributed by atoms with Gasteiger partial charge >= 0.3 is 0 Å². The number of piperazine rings is 1. The van der Waals surface area contributed by atoms with Crippen molar-refractivity contribution in [2.24, 2.45) is 4.99 Å². The molecule has 190 valence electrons. The summed E-state index contributed by atoms with van der Waals surface area (Å²) in [4.78, 5) is 28.9. The summed E-state index contributed by atoms with van der Waals surface area (Å²) in [6.07, 6.45) is 3.75. The van der Waals surface area contributed by atoms with Crippen LogP contribution in [0.3, 0.4) is 0 Å². The first-order valence-electron chi connectivity index (χ1n) is 12.5. The third-order valence-electron chi connectivity index (χ3n) is 7.06. The minimum atomic E-state index is -0.190. The van der Waals surface area contributed by atoms with Gasteiger partial charge in [0, 0.05) is 50.9 Å². The van der Waals surface area contributed by atoms with Crippen molar-refractivity contribution in [3.8, 4) is 11.1 Å². The lowest BCUT2D eigenvalue weighted by Crippen LogP contribution is -2.44. The van der Waals surface area contributed by atoms with Gasteiger partial charge in [-0.15, -0.1) is 0 Å². The summed E-state index contributed by atoms with van der Waals surface area (Å²) in [6.45, 7) is 6.84. The zero-order valence-corrected chi connectivity index (χ0v) is 22.3. The van der Waals surface area contributed by atoms with E-state index in [9.17, 15) is 4.79 Å². The second-order valence-corrected chi connectivity index (χ2v) is 10.9. The Bertz CT molecular complexity index is 1410. The van der Waals surface area contributed by atoms with Crippen LogP contribution in [0, 0.1) is 0 Å². The van der Waals surface area contributed by atoms with E-state index in [0.29, 0.717) is 18.1 Å². The number of amides is 1. The van der Waals surface area contributed by atoms with Crippen LogP contribution in [0.5, 0.6) is 0 Å². The van der Waals surface area contributed by atoms with Crippen LogP contribution in [0.4, 0.5) is 5.69 Å². The molecule has 0 saturated carbocycles. The van der Waals surface area contributed by atoms with E-state index in [1.165, 1.54) is 11.8 Å². The molecule has 1 amide bonds. The number of nitrogens with zero attached hydrogens (tertiary/aromatic N) is 5. The van der Waals surface area contributed by atoms with Crippen LogP contribution in [0.15, 0.2) is 58.6 Å². The number of carbonyl (C=O) groups excluding carboxylic acids is 1. The first-order valence-corrected chi connectivity index (χ1v) is 13.7. The minimum Gasteiger partial charge on any atom is -0.378 e. The number of halogens is 1. The molecule has 0 bridgehead atoms. The summed E-state index contributed by atoms with van der Waals surface area (Å²) in [7, 11) is 2.15. The number of benzene rings is 2. The zero-order valence-electron chi connectivity index (χ0n) is 20.7. The molecular formula is C28H28ClN5O2S. The van der Waals surface area contributed by atoms with Gasteiger partial charge in [0.25, 0.3) is 5.91 Å². The second kappa shape index (κ2) is 10.5. The lowest BCUT2D eigenvalue weighted by atomic mass is 9.99. The van der Waals surface area contributed by atoms with Crippen molar-refractivity contribution in [2.75, 3.05) is 64.4 Å². The van der Waals surface area contributed by atoms with Crippen molar-refractivity contribution in [3.05, 3.63) is 64.2 Å². The van der Waals surface area contributed by atoms with Gasteiger partial charge in [-0.3, -0.25) is 9.78 Å². The van der Waals surface area contributed by atoms with Gasteiger partial charge in [-0.2, -0.15) is 4.99 Å². The number of rotatable bonds is 3. The number of fused-ring (bicyclic) bond motifs is 1. The molecule has 0 N–H and O–H groups in total. The Morgan fingerprint density at radius 3 is 2.57 bits per heavy atom. The molecule has 3 aromatic rings. The highest BCUT2D eigenvalue weighted by atomic mass is 35.5. The Hall–Kier alpha value is -2.91. The summed E-state index contributed by atoms with van der Waals surface area (Å²) >= 11 is 8.23. The lowest BCUT2D eigenvalue weighted by Gasteiger charge is -2.34. The minimum absolute atomic E-state index is 0.190. The van der Waals surface area contributed by atoms with E-state index in [2.05, 4.69) is 49.9 Å². The van der Waals surface area contributed by atoms with Crippen molar-refractivity contribution >= 4 is 57.1 Å². The van der Waals surface area contributed by atoms with Crippen molar-refractivity contribution in [1.29, 1.82) is 0 Å². The summed E-state index contributed by atoms with van der Waals surface area (Å²) in [5.41, 5.74) is 5.03. The number of carbonyl (C=O) groups is 1. The van der Waals surface area contributed by atoms with Crippen LogP contribution < -0.4 is 4.90 Å². The maximum atomic E-state index is 12.6. The van der Waals surface area contributed by atoms with E-state index in [-0.39, 0.29) is 5.91 Å². The van der Waals surface area contributed by atoms with Gasteiger partial charge in [-0.25, -0.2) is 0 Å². The normalized spacial score (nSPS) is 20.2. The van der Waals surface area contributed by atoms with E-state index < -0.39 is 0 Å². The molecule has 0 aliphatic carbocycles. The van der Waals surface area contributed by atoms with E-state index in [4.69, 9.17) is 16.3 Å². The fraction of sp³-hybridized carbons (Fsp3) is 0.321. The maximum Gasteiger partial charge on any atom is 0.286 e. The number of anilines is 1. The van der Waals surface area contributed by atoms with Crippen LogP contribution in [-0.2, 0) is 9.53 Å². The van der Waals surface area contributed by atoms with Crippen LogP contribution >= 0.6 is 23.4 Å². The topological polar surface area (TPSA) is 61.3 Å². The largest absolute Gasteiger partial charge is 0.378 e.